The molecule has 0 radical (unpaired) electrons. The molecule has 1 unspecified atom stereocenters. The molecule has 0 heterocycles. The van der Waals surface area contributed by atoms with Crippen molar-refractivity contribution in [1.82, 2.24) is 16.0 Å². The number of hydrogen-bond donors (Lipinski definition) is 3. The Morgan fingerprint density at radius 1 is 1.17 bits per heavy atom. The van der Waals surface area contributed by atoms with Gasteiger partial charge in [0, 0.05) is 22.3 Å². The summed E-state index contributed by atoms with van der Waals surface area (Å²) in [6, 6.07) is 0. The summed E-state index contributed by atoms with van der Waals surface area (Å²) in [7, 11) is 5.06. The van der Waals surface area contributed by atoms with Crippen molar-refractivity contribution in [3.8, 4) is 0 Å². The van der Waals surface area contributed by atoms with E-state index in [1.807, 2.05) is 14.1 Å². The second-order valence-corrected chi connectivity index (χ2v) is 6.19. The van der Waals surface area contributed by atoms with Gasteiger partial charge in [-0.1, -0.05) is 0 Å². The van der Waals surface area contributed by atoms with E-state index in [9.17, 15) is 0 Å². The van der Waals surface area contributed by atoms with Crippen LogP contribution in [-0.2, 0) is 0 Å². The Balaban J connectivity index is 4.14. The molecule has 0 aromatic heterocycles. The zero-order valence-corrected chi connectivity index (χ0v) is 11.2. The molecule has 1 atom stereocenters. The van der Waals surface area contributed by atoms with Crippen molar-refractivity contribution in [3.63, 3.8) is 0 Å². The molecule has 12 heavy (non-hydrogen) atoms. The number of hydrogen-bond acceptors (Lipinski definition) is 3. The van der Waals surface area contributed by atoms with Crippen LogP contribution in [0.3, 0.4) is 0 Å². The number of nitrogens with one attached hydrogen (secondary N) is 3. The van der Waals surface area contributed by atoms with E-state index in [-0.39, 0.29) is 10.8 Å². The van der Waals surface area contributed by atoms with Gasteiger partial charge in [-0.05, 0) is 34.9 Å². The molecule has 3 N–H and O–H groups in total. The minimum Gasteiger partial charge on any atom is -0.317 e. The summed E-state index contributed by atoms with van der Waals surface area (Å²) in [6.07, 6.45) is 0. The molecule has 0 rings (SSSR count). The van der Waals surface area contributed by atoms with Crippen molar-refractivity contribution in [2.24, 2.45) is 0 Å². The topological polar surface area (TPSA) is 36.1 Å². The first-order valence-electron chi connectivity index (χ1n) is 4.46. The third-order valence-corrected chi connectivity index (χ3v) is 2.84. The highest BCUT2D eigenvalue weighted by Gasteiger charge is 2.25. The molecule has 0 spiro atoms. The molecule has 0 amide bonds. The van der Waals surface area contributed by atoms with Crippen molar-refractivity contribution in [3.05, 3.63) is 0 Å². The third kappa shape index (κ3) is 4.87. The molecule has 0 aromatic rings. The average molecular weight is 189 g/mol. The van der Waals surface area contributed by atoms with Gasteiger partial charge < -0.3 is 10.6 Å². The highest BCUT2D eigenvalue weighted by Crippen LogP contribution is 2.04. The van der Waals surface area contributed by atoms with Gasteiger partial charge in [-0.15, -0.1) is 0 Å². The SMILES string of the molecule is CNCC([SiH3])(NC)NC(C)(C)C. The summed E-state index contributed by atoms with van der Waals surface area (Å²) >= 11 is 0. The first kappa shape index (κ1) is 12.1. The fourth-order valence-corrected chi connectivity index (χ4v) is 2.48. The second kappa shape index (κ2) is 4.37. The second-order valence-electron chi connectivity index (χ2n) is 4.49. The van der Waals surface area contributed by atoms with Crippen LogP contribution in [0.2, 0.25) is 0 Å². The molecule has 0 saturated carbocycles. The lowest BCUT2D eigenvalue weighted by Gasteiger charge is -2.37. The first-order chi connectivity index (χ1) is 5.33. The van der Waals surface area contributed by atoms with Crippen LogP contribution in [-0.4, -0.2) is 41.7 Å². The van der Waals surface area contributed by atoms with Crippen LogP contribution in [0.25, 0.3) is 0 Å². The Hall–Kier alpha value is 0.0969. The predicted octanol–water partition coefficient (Wildman–Crippen LogP) is -1.17. The zero-order valence-electron chi connectivity index (χ0n) is 9.21. The van der Waals surface area contributed by atoms with Gasteiger partial charge in [0.05, 0.1) is 5.29 Å². The van der Waals surface area contributed by atoms with Crippen LogP contribution in [0.1, 0.15) is 20.8 Å². The molecule has 0 bridgehead atoms. The largest absolute Gasteiger partial charge is 0.317 e. The molecule has 0 aliphatic rings. The predicted molar refractivity (Wildman–Crippen MR) is 58.5 cm³/mol. The lowest BCUT2D eigenvalue weighted by atomic mass is 10.1. The van der Waals surface area contributed by atoms with Gasteiger partial charge in [-0.3, -0.25) is 5.32 Å². The summed E-state index contributed by atoms with van der Waals surface area (Å²) in [5, 5.41) is 10.2. The molecular formula is C8H23N3Si. The molecule has 0 aromatic carbocycles. The fraction of sp³-hybridized carbons (Fsp3) is 1.00. The van der Waals surface area contributed by atoms with Gasteiger partial charge in [0.1, 0.15) is 0 Å². The molecular weight excluding hydrogens is 166 g/mol. The highest BCUT2D eigenvalue weighted by molar-refractivity contribution is 6.15. The van der Waals surface area contributed by atoms with Crippen molar-refractivity contribution < 1.29 is 0 Å². The maximum absolute atomic E-state index is 3.57. The number of likely N-dealkylation sites (N-methyl/N-ethyl adjacent to an activating group) is 2. The molecule has 0 saturated heterocycles. The summed E-state index contributed by atoms with van der Waals surface area (Å²) in [5.74, 6) is 0. The van der Waals surface area contributed by atoms with E-state index in [1.165, 1.54) is 0 Å². The van der Waals surface area contributed by atoms with Gasteiger partial charge >= 0.3 is 0 Å². The van der Waals surface area contributed by atoms with Crippen LogP contribution < -0.4 is 16.0 Å². The Morgan fingerprint density at radius 3 is 1.92 bits per heavy atom. The Bertz CT molecular complexity index is 133. The van der Waals surface area contributed by atoms with E-state index in [0.717, 1.165) is 16.8 Å². The fourth-order valence-electron chi connectivity index (χ4n) is 1.38. The van der Waals surface area contributed by atoms with Crippen LogP contribution in [0.4, 0.5) is 0 Å². The Kier molecular flexibility index (Phi) is 4.40. The van der Waals surface area contributed by atoms with Gasteiger partial charge in [-0.2, -0.15) is 0 Å². The third-order valence-electron chi connectivity index (χ3n) is 1.73. The summed E-state index contributed by atoms with van der Waals surface area (Å²) in [6.45, 7) is 7.53. The first-order valence-corrected chi connectivity index (χ1v) is 5.46. The standard InChI is InChI=1S/C8H23N3Si/c1-7(2,3)11-8(12,10-5)6-9-4/h9-11H,6H2,1-5,12H3. The molecule has 3 nitrogen and oxygen atoms in total. The molecule has 0 fully saturated rings. The average Bonchev–Trinajstić information content (AvgIpc) is 1.84. The minimum atomic E-state index is 0.104. The van der Waals surface area contributed by atoms with Gasteiger partial charge in [0.15, 0.2) is 0 Å². The zero-order chi connectivity index (χ0) is 9.83. The Labute approximate surface area is 79.1 Å². The van der Waals surface area contributed by atoms with E-state index in [4.69, 9.17) is 0 Å². The van der Waals surface area contributed by atoms with Crippen LogP contribution in [0.15, 0.2) is 0 Å². The summed E-state index contributed by atoms with van der Waals surface area (Å²) < 4.78 is 0. The van der Waals surface area contributed by atoms with E-state index < -0.39 is 0 Å². The van der Waals surface area contributed by atoms with Gasteiger partial charge in [0.2, 0.25) is 0 Å². The van der Waals surface area contributed by atoms with Crippen LogP contribution in [0.5, 0.6) is 0 Å². The monoisotopic (exact) mass is 189 g/mol. The van der Waals surface area contributed by atoms with Gasteiger partial charge in [0.25, 0.3) is 0 Å². The van der Waals surface area contributed by atoms with E-state index in [2.05, 4.69) is 36.7 Å². The lowest BCUT2D eigenvalue weighted by Crippen LogP contribution is -2.66. The molecule has 4 heteroatoms. The van der Waals surface area contributed by atoms with Gasteiger partial charge in [-0.25, -0.2) is 0 Å². The molecule has 0 aliphatic heterocycles. The minimum absolute atomic E-state index is 0.104. The van der Waals surface area contributed by atoms with Crippen LogP contribution in [0, 0.1) is 0 Å². The normalized spacial score (nSPS) is 17.8. The molecule has 0 aliphatic carbocycles. The summed E-state index contributed by atoms with van der Waals surface area (Å²) in [4.78, 5) is 0. The Morgan fingerprint density at radius 2 is 1.67 bits per heavy atom. The summed E-state index contributed by atoms with van der Waals surface area (Å²) in [5.41, 5.74) is 0.168. The highest BCUT2D eigenvalue weighted by atomic mass is 28.1. The van der Waals surface area contributed by atoms with Crippen molar-refractivity contribution in [1.29, 1.82) is 0 Å². The quantitative estimate of drug-likeness (QED) is 0.385. The number of rotatable bonds is 4. The van der Waals surface area contributed by atoms with E-state index in [0.29, 0.717) is 0 Å². The maximum atomic E-state index is 3.57. The van der Waals surface area contributed by atoms with E-state index >= 15 is 0 Å². The lowest BCUT2D eigenvalue weighted by molar-refractivity contribution is 0.287. The van der Waals surface area contributed by atoms with Crippen molar-refractivity contribution in [2.75, 3.05) is 20.6 Å². The smallest absolute Gasteiger partial charge is 0.0598 e. The van der Waals surface area contributed by atoms with E-state index in [1.54, 1.807) is 0 Å². The van der Waals surface area contributed by atoms with Crippen LogP contribution >= 0.6 is 0 Å². The molecule has 74 valence electrons. The maximum Gasteiger partial charge on any atom is 0.0598 e. The van der Waals surface area contributed by atoms with Crippen molar-refractivity contribution in [2.45, 2.75) is 31.6 Å². The van der Waals surface area contributed by atoms with Crippen molar-refractivity contribution >= 4 is 10.2 Å².